The summed E-state index contributed by atoms with van der Waals surface area (Å²) in [5, 5.41) is 0. The molecule has 1 aliphatic rings. The van der Waals surface area contributed by atoms with Crippen molar-refractivity contribution >= 4 is 21.7 Å². The molecule has 204 valence electrons. The third-order valence-corrected chi connectivity index (χ3v) is 7.47. The van der Waals surface area contributed by atoms with E-state index >= 15 is 0 Å². The predicted molar refractivity (Wildman–Crippen MR) is 148 cm³/mol. The highest BCUT2D eigenvalue weighted by molar-refractivity contribution is 7.90. The van der Waals surface area contributed by atoms with E-state index in [0.29, 0.717) is 24.3 Å². The van der Waals surface area contributed by atoms with Crippen LogP contribution in [-0.4, -0.2) is 38.0 Å². The Bertz CT molecular complexity index is 1520. The number of benzene rings is 2. The predicted octanol–water partition coefficient (Wildman–Crippen LogP) is 5.91. The second kappa shape index (κ2) is 10.7. The number of rotatable bonds is 8. The second-order valence-electron chi connectivity index (χ2n) is 10.6. The summed E-state index contributed by atoms with van der Waals surface area (Å²) in [5.41, 5.74) is -0.246. The number of sulfonamides is 1. The number of amides is 1. The minimum atomic E-state index is -4.21. The van der Waals surface area contributed by atoms with Crippen LogP contribution in [-0.2, 0) is 10.0 Å². The van der Waals surface area contributed by atoms with Crippen molar-refractivity contribution in [2.75, 3.05) is 18.0 Å². The first-order chi connectivity index (χ1) is 18.6. The highest BCUT2D eigenvalue weighted by Crippen LogP contribution is 2.38. The summed E-state index contributed by atoms with van der Waals surface area (Å²) in [7, 11) is -4.21. The second-order valence-corrected chi connectivity index (χ2v) is 12.3. The Balaban J connectivity index is 0.00000462. The van der Waals surface area contributed by atoms with Gasteiger partial charge in [-0.15, -0.1) is 0 Å². The van der Waals surface area contributed by atoms with Crippen LogP contribution in [0.25, 0.3) is 11.3 Å². The van der Waals surface area contributed by atoms with Gasteiger partial charge in [0.25, 0.3) is 15.9 Å². The van der Waals surface area contributed by atoms with Crippen LogP contribution in [0.2, 0.25) is 0 Å². The molecule has 0 radical (unpaired) electrons. The molecule has 0 saturated carbocycles. The van der Waals surface area contributed by atoms with Gasteiger partial charge in [-0.25, -0.2) is 22.5 Å². The number of hydrogen-bond acceptors (Lipinski definition) is 6. The number of anilines is 1. The van der Waals surface area contributed by atoms with Crippen LogP contribution in [0.15, 0.2) is 65.6 Å². The maximum absolute atomic E-state index is 14.6. The van der Waals surface area contributed by atoms with Gasteiger partial charge >= 0.3 is 0 Å². The summed E-state index contributed by atoms with van der Waals surface area (Å²) >= 11 is 0. The van der Waals surface area contributed by atoms with Gasteiger partial charge in [-0.3, -0.25) is 4.79 Å². The third-order valence-electron chi connectivity index (χ3n) is 6.12. The molecule has 4 rings (SSSR count). The molecule has 0 bridgehead atoms. The summed E-state index contributed by atoms with van der Waals surface area (Å²) in [6, 6.07) is 14.5. The van der Waals surface area contributed by atoms with Gasteiger partial charge in [0.2, 0.25) is 0 Å². The first-order valence-electron chi connectivity index (χ1n) is 13.5. The van der Waals surface area contributed by atoms with Crippen molar-refractivity contribution in [2.24, 2.45) is 11.8 Å². The molecule has 1 atom stereocenters. The summed E-state index contributed by atoms with van der Waals surface area (Å²) in [4.78, 5) is 19.5. The topological polar surface area (TPSA) is 88.6 Å². The van der Waals surface area contributed by atoms with Gasteiger partial charge in [0.05, 0.1) is 22.8 Å². The fourth-order valence-electron chi connectivity index (χ4n) is 4.48. The average molecular weight is 544 g/mol. The van der Waals surface area contributed by atoms with Crippen molar-refractivity contribution in [3.05, 3.63) is 72.0 Å². The van der Waals surface area contributed by atoms with Crippen LogP contribution >= 0.6 is 0 Å². The van der Waals surface area contributed by atoms with Crippen molar-refractivity contribution in [3.63, 3.8) is 0 Å². The molecule has 1 amide bonds. The number of nitrogens with one attached hydrogen (secondary N) is 1. The lowest BCUT2D eigenvalue weighted by Gasteiger charge is -2.34. The number of ether oxygens (including phenoxy) is 1. The van der Waals surface area contributed by atoms with Crippen LogP contribution in [0.5, 0.6) is 5.75 Å². The number of aromatic nitrogens is 1. The number of carbonyl (C=O) groups is 1. The molecule has 7 nitrogen and oxygen atoms in total. The first kappa shape index (κ1) is 24.9. The number of hydrogen-bond donors (Lipinski definition) is 1. The van der Waals surface area contributed by atoms with Gasteiger partial charge in [0.1, 0.15) is 17.4 Å². The van der Waals surface area contributed by atoms with Gasteiger partial charge in [-0.2, -0.15) is 0 Å². The third kappa shape index (κ3) is 6.15. The Hall–Kier alpha value is -3.46. The lowest BCUT2D eigenvalue weighted by Crippen LogP contribution is -2.41. The lowest BCUT2D eigenvalue weighted by atomic mass is 9.97. The summed E-state index contributed by atoms with van der Waals surface area (Å²) in [6.45, 7) is 7.88. The van der Waals surface area contributed by atoms with Crippen molar-refractivity contribution in [1.29, 1.82) is 0 Å². The van der Waals surface area contributed by atoms with E-state index in [-0.39, 0.29) is 29.3 Å². The SMILES string of the molecule is [2H]C1([2H])[C@@H](C)CC(C)(C)N1c1nc(-c2cc(F)cc(OCC(C)C)c2)ccc1C(=O)NS(=O)(=O)c1ccccc1.[HH]. The molecule has 2 aromatic carbocycles. The van der Waals surface area contributed by atoms with E-state index in [0.717, 1.165) is 0 Å². The van der Waals surface area contributed by atoms with Crippen LogP contribution in [0, 0.1) is 17.7 Å². The number of pyridine rings is 1. The fourth-order valence-corrected chi connectivity index (χ4v) is 5.47. The average Bonchev–Trinajstić information content (AvgIpc) is 3.03. The van der Waals surface area contributed by atoms with E-state index in [4.69, 9.17) is 7.48 Å². The van der Waals surface area contributed by atoms with Gasteiger partial charge in [0.15, 0.2) is 0 Å². The maximum Gasteiger partial charge on any atom is 0.268 e. The van der Waals surface area contributed by atoms with Crippen LogP contribution in [0.1, 0.15) is 55.6 Å². The molecule has 1 saturated heterocycles. The van der Waals surface area contributed by atoms with E-state index < -0.39 is 39.7 Å². The summed E-state index contributed by atoms with van der Waals surface area (Å²) in [5.74, 6) is -1.41. The van der Waals surface area contributed by atoms with Gasteiger partial charge < -0.3 is 9.64 Å². The zero-order chi connectivity index (χ0) is 29.5. The van der Waals surface area contributed by atoms with E-state index in [1.165, 1.54) is 41.3 Å². The molecule has 9 heteroatoms. The molecule has 1 aromatic heterocycles. The largest absolute Gasteiger partial charge is 0.493 e. The lowest BCUT2D eigenvalue weighted by molar-refractivity contribution is 0.0981. The van der Waals surface area contributed by atoms with E-state index in [9.17, 15) is 17.6 Å². The molecule has 0 spiro atoms. The molecular weight excluding hydrogens is 505 g/mol. The zero-order valence-electron chi connectivity index (χ0n) is 24.2. The van der Waals surface area contributed by atoms with Gasteiger partial charge in [-0.05, 0) is 68.5 Å². The molecule has 1 aliphatic heterocycles. The van der Waals surface area contributed by atoms with Crippen LogP contribution < -0.4 is 14.4 Å². The molecular formula is C29H36FN3O4S. The van der Waals surface area contributed by atoms with Gasteiger partial charge in [-0.1, -0.05) is 39.0 Å². The Labute approximate surface area is 228 Å². The number of halogens is 1. The first-order valence-corrected chi connectivity index (χ1v) is 14.0. The van der Waals surface area contributed by atoms with E-state index in [1.54, 1.807) is 31.2 Å². The minimum absolute atomic E-state index is 0. The Kier molecular flexibility index (Phi) is 7.02. The van der Waals surface area contributed by atoms with Crippen LogP contribution in [0.4, 0.5) is 10.2 Å². The Morgan fingerprint density at radius 2 is 1.95 bits per heavy atom. The van der Waals surface area contributed by atoms with Crippen molar-refractivity contribution < 1.29 is 26.5 Å². The summed E-state index contributed by atoms with van der Waals surface area (Å²) < 4.78 is 66.0. The summed E-state index contributed by atoms with van der Waals surface area (Å²) in [6.07, 6.45) is 0.461. The standard InChI is InChI=1S/C29H34FN3O4S.H2/c1-19(2)18-37-23-14-21(13-22(30)15-23)26-12-11-25(27(31-26)33-17-20(3)16-29(33,4)5)28(34)32-38(35,36)24-9-7-6-8-10-24;/h6-15,19-20H,16-18H2,1-5H3,(H,32,34);1H/t20-;/m0./s1/i17D2;. The van der Waals surface area contributed by atoms with Crippen LogP contribution in [0.3, 0.4) is 0 Å². The molecule has 1 N–H and O–H groups in total. The highest BCUT2D eigenvalue weighted by atomic mass is 32.2. The number of nitrogens with zero attached hydrogens (tertiary/aromatic N) is 2. The van der Waals surface area contributed by atoms with E-state index in [1.807, 2.05) is 27.7 Å². The zero-order valence-corrected chi connectivity index (χ0v) is 23.0. The van der Waals surface area contributed by atoms with Crippen molar-refractivity contribution in [1.82, 2.24) is 9.71 Å². The molecule has 3 aromatic rings. The molecule has 2 heterocycles. The fraction of sp³-hybridized carbons (Fsp3) is 0.379. The monoisotopic (exact) mass is 543 g/mol. The highest BCUT2D eigenvalue weighted by Gasteiger charge is 2.39. The molecule has 0 unspecified atom stereocenters. The molecule has 0 aliphatic carbocycles. The van der Waals surface area contributed by atoms with Crippen molar-refractivity contribution in [2.45, 2.75) is 51.5 Å². The molecule has 38 heavy (non-hydrogen) atoms. The minimum Gasteiger partial charge on any atom is -0.493 e. The van der Waals surface area contributed by atoms with Gasteiger partial charge in [0, 0.05) is 27.8 Å². The maximum atomic E-state index is 14.6. The van der Waals surface area contributed by atoms with Crippen molar-refractivity contribution in [3.8, 4) is 17.0 Å². The number of carbonyl (C=O) groups excluding carboxylic acids is 1. The smallest absolute Gasteiger partial charge is 0.268 e. The van der Waals surface area contributed by atoms with E-state index in [2.05, 4.69) is 9.71 Å². The Morgan fingerprint density at radius 1 is 1.24 bits per heavy atom. The molecule has 1 fully saturated rings. The normalized spacial score (nSPS) is 19.1. The Morgan fingerprint density at radius 3 is 2.58 bits per heavy atom. The quantitative estimate of drug-likeness (QED) is 0.380.